The van der Waals surface area contributed by atoms with E-state index in [2.05, 4.69) is 44.6 Å². The van der Waals surface area contributed by atoms with Crippen LogP contribution in [-0.4, -0.2) is 21.3 Å². The van der Waals surface area contributed by atoms with Gasteiger partial charge in [0.1, 0.15) is 0 Å². The summed E-state index contributed by atoms with van der Waals surface area (Å²) in [6.45, 7) is 2.68. The van der Waals surface area contributed by atoms with Crippen molar-refractivity contribution < 1.29 is 37.5 Å². The van der Waals surface area contributed by atoms with Crippen molar-refractivity contribution in [2.45, 2.75) is 17.3 Å². The van der Waals surface area contributed by atoms with E-state index in [1.54, 1.807) is 0 Å². The van der Waals surface area contributed by atoms with Gasteiger partial charge in [0, 0.05) is 43.7 Å². The summed E-state index contributed by atoms with van der Waals surface area (Å²) in [6, 6.07) is 7.99. The number of rotatable bonds is 2. The number of benzene rings is 1. The van der Waals surface area contributed by atoms with Crippen LogP contribution in [-0.2, 0) is 37.5 Å². The van der Waals surface area contributed by atoms with Gasteiger partial charge >= 0.3 is 0 Å². The van der Waals surface area contributed by atoms with Crippen molar-refractivity contribution in [2.75, 3.05) is 6.54 Å². The van der Waals surface area contributed by atoms with Gasteiger partial charge in [0.2, 0.25) is 5.91 Å². The van der Waals surface area contributed by atoms with Gasteiger partial charge in [0.15, 0.2) is 0 Å². The third-order valence-corrected chi connectivity index (χ3v) is 4.19. The Hall–Kier alpha value is 0.744. The maximum absolute atomic E-state index is 12.1. The zero-order chi connectivity index (χ0) is 12.4. The molecule has 1 heterocycles. The molecule has 1 unspecified atom stereocenters. The molecule has 1 aliphatic rings. The van der Waals surface area contributed by atoms with Crippen LogP contribution < -0.4 is 0 Å². The second-order valence-electron chi connectivity index (χ2n) is 3.79. The average molecular weight is 494 g/mol. The quantitative estimate of drug-likeness (QED) is 0.350. The summed E-state index contributed by atoms with van der Waals surface area (Å²) < 4.78 is 1.06. The van der Waals surface area contributed by atoms with E-state index in [4.69, 9.17) is 0 Å². The van der Waals surface area contributed by atoms with Crippen LogP contribution >= 0.6 is 38.5 Å². The number of carbonyl (C=O) groups excluding carboxylic acids is 1. The Bertz CT molecular complexity index is 461. The van der Waals surface area contributed by atoms with Crippen LogP contribution in [0.1, 0.15) is 18.9 Å². The number of alkyl halides is 1. The Morgan fingerprint density at radius 3 is 2.61 bits per heavy atom. The number of carbonyl (C=O) groups is 1. The molecule has 2 nitrogen and oxygen atoms in total. The fourth-order valence-corrected chi connectivity index (χ4v) is 2.65. The van der Waals surface area contributed by atoms with Gasteiger partial charge in [-0.05, 0) is 6.92 Å². The van der Waals surface area contributed by atoms with Crippen molar-refractivity contribution >= 4 is 50.1 Å². The normalized spacial score (nSPS) is 19.3. The molecule has 0 spiro atoms. The van der Waals surface area contributed by atoms with Crippen molar-refractivity contribution in [1.29, 1.82) is 0 Å². The standard InChI is InChI=1S/C13H12BrINO.Y/c1-2-16-12(8-7-11(15)13(16)17)9-3-5-10(14)6-4-9;/h3-6,11H,2,7H2,1H3;/q-1;. The molecule has 1 aliphatic heterocycles. The van der Waals surface area contributed by atoms with Gasteiger partial charge in [-0.1, -0.05) is 57.1 Å². The minimum atomic E-state index is 0. The molecule has 18 heavy (non-hydrogen) atoms. The molecular weight excluding hydrogens is 482 g/mol. The summed E-state index contributed by atoms with van der Waals surface area (Å²) in [5, 5.41) is 0. The Labute approximate surface area is 155 Å². The first-order chi connectivity index (χ1) is 8.13. The number of nitrogens with zero attached hydrogens (tertiary/aromatic N) is 1. The molecule has 5 heteroatoms. The maximum atomic E-state index is 12.1. The van der Waals surface area contributed by atoms with Crippen LogP contribution in [0.4, 0.5) is 0 Å². The van der Waals surface area contributed by atoms with Crippen molar-refractivity contribution in [1.82, 2.24) is 4.90 Å². The van der Waals surface area contributed by atoms with Crippen molar-refractivity contribution in [2.24, 2.45) is 0 Å². The van der Waals surface area contributed by atoms with Crippen molar-refractivity contribution in [3.8, 4) is 0 Å². The molecule has 93 valence electrons. The van der Waals surface area contributed by atoms with E-state index in [0.717, 1.165) is 15.7 Å². The van der Waals surface area contributed by atoms with Gasteiger partial charge in [0.25, 0.3) is 0 Å². The molecular formula is C13H12BrINOY-. The number of hydrogen-bond donors (Lipinski definition) is 0. The molecule has 1 aromatic rings. The largest absolute Gasteiger partial charge is 0.347 e. The van der Waals surface area contributed by atoms with Gasteiger partial charge in [0.05, 0.1) is 3.92 Å². The Kier molecular flexibility index (Phi) is 7.00. The molecule has 1 aromatic carbocycles. The van der Waals surface area contributed by atoms with Crippen molar-refractivity contribution in [3.63, 3.8) is 0 Å². The summed E-state index contributed by atoms with van der Waals surface area (Å²) in [5.41, 5.74) is 1.96. The number of halogens is 2. The van der Waals surface area contributed by atoms with Crippen LogP contribution in [0.2, 0.25) is 0 Å². The van der Waals surface area contributed by atoms with Gasteiger partial charge in [-0.25, -0.2) is 6.08 Å². The van der Waals surface area contributed by atoms with Crippen LogP contribution in [0.5, 0.6) is 0 Å². The monoisotopic (exact) mass is 493 g/mol. The third kappa shape index (κ3) is 3.64. The van der Waals surface area contributed by atoms with E-state index in [-0.39, 0.29) is 42.5 Å². The minimum absolute atomic E-state index is 0. The molecule has 0 aliphatic carbocycles. The molecule has 0 fully saturated rings. The van der Waals surface area contributed by atoms with E-state index in [0.29, 0.717) is 13.0 Å². The second kappa shape index (κ2) is 7.51. The van der Waals surface area contributed by atoms with Gasteiger partial charge in [-0.3, -0.25) is 4.79 Å². The summed E-state index contributed by atoms with van der Waals surface area (Å²) >= 11 is 5.59. The van der Waals surface area contributed by atoms with Crippen LogP contribution in [0.3, 0.4) is 0 Å². The van der Waals surface area contributed by atoms with Crippen LogP contribution in [0.15, 0.2) is 28.7 Å². The predicted molar refractivity (Wildman–Crippen MR) is 80.6 cm³/mol. The summed E-state index contributed by atoms with van der Waals surface area (Å²) in [6.07, 6.45) is 4.03. The van der Waals surface area contributed by atoms with E-state index >= 15 is 0 Å². The third-order valence-electron chi connectivity index (χ3n) is 2.69. The molecule has 0 N–H and O–H groups in total. The van der Waals surface area contributed by atoms with E-state index in [9.17, 15) is 4.79 Å². The summed E-state index contributed by atoms with van der Waals surface area (Å²) in [4.78, 5) is 13.9. The molecule has 1 radical (unpaired) electrons. The summed E-state index contributed by atoms with van der Waals surface area (Å²) in [7, 11) is 0. The Balaban J connectivity index is 0.00000162. The van der Waals surface area contributed by atoms with Crippen molar-refractivity contribution in [3.05, 3.63) is 40.4 Å². The number of hydrogen-bond acceptors (Lipinski definition) is 1. The molecule has 0 bridgehead atoms. The Morgan fingerprint density at radius 2 is 2.06 bits per heavy atom. The van der Waals surface area contributed by atoms with Gasteiger partial charge in [-0.2, -0.15) is 5.56 Å². The zero-order valence-corrected chi connectivity index (χ0v) is 16.6. The molecule has 0 saturated carbocycles. The van der Waals surface area contributed by atoms with E-state index in [1.807, 2.05) is 36.1 Å². The van der Waals surface area contributed by atoms with E-state index < -0.39 is 0 Å². The zero-order valence-electron chi connectivity index (χ0n) is 9.99. The smallest absolute Gasteiger partial charge is 0.235 e. The SMILES string of the molecule is CCN1C(=O)C(I)C[C-]=C1c1ccc(Br)cc1.[Y]. The number of amides is 1. The first-order valence-corrected chi connectivity index (χ1v) is 7.49. The fourth-order valence-electron chi connectivity index (χ4n) is 1.83. The van der Waals surface area contributed by atoms with Crippen LogP contribution in [0.25, 0.3) is 5.70 Å². The number of allylic oxidation sites excluding steroid dienone is 1. The van der Waals surface area contributed by atoms with Gasteiger partial charge in [-0.15, -0.1) is 17.8 Å². The molecule has 1 amide bonds. The van der Waals surface area contributed by atoms with E-state index in [1.165, 1.54) is 0 Å². The fraction of sp³-hybridized carbons (Fsp3) is 0.308. The molecule has 2 rings (SSSR count). The molecule has 0 saturated heterocycles. The molecule has 0 aromatic heterocycles. The van der Waals surface area contributed by atoms with Crippen LogP contribution in [0, 0.1) is 6.08 Å². The first-order valence-electron chi connectivity index (χ1n) is 5.45. The maximum Gasteiger partial charge on any atom is 0.235 e. The Morgan fingerprint density at radius 1 is 1.44 bits per heavy atom. The minimum Gasteiger partial charge on any atom is -0.347 e. The summed E-state index contributed by atoms with van der Waals surface area (Å²) in [5.74, 6) is 0.185. The molecule has 1 atom stereocenters. The first kappa shape index (κ1) is 16.8. The predicted octanol–water partition coefficient (Wildman–Crippen LogP) is 3.65. The topological polar surface area (TPSA) is 20.3 Å². The van der Waals surface area contributed by atoms with Gasteiger partial charge < -0.3 is 4.90 Å². The average Bonchev–Trinajstić information content (AvgIpc) is 2.34. The second-order valence-corrected chi connectivity index (χ2v) is 6.21.